The number of carbonyl (C=O) groups excluding carboxylic acids is 2. The third-order valence-electron chi connectivity index (χ3n) is 4.86. The van der Waals surface area contributed by atoms with E-state index < -0.39 is 5.60 Å². The van der Waals surface area contributed by atoms with Crippen LogP contribution in [0.3, 0.4) is 0 Å². The Morgan fingerprint density at radius 3 is 2.67 bits per heavy atom. The number of ether oxygens (including phenoxy) is 1. The average Bonchev–Trinajstić information content (AvgIpc) is 2.79. The molecule has 0 radical (unpaired) electrons. The molecule has 1 heterocycles. The van der Waals surface area contributed by atoms with Crippen LogP contribution in [0.5, 0.6) is 0 Å². The summed E-state index contributed by atoms with van der Waals surface area (Å²) in [6.45, 7) is 0. The van der Waals surface area contributed by atoms with Crippen molar-refractivity contribution >= 4 is 35.0 Å². The number of Topliss-reactive ketones (excluding diaryl/α,β-unsaturated/α-hetero) is 1. The first-order chi connectivity index (χ1) is 11.5. The summed E-state index contributed by atoms with van der Waals surface area (Å²) in [5, 5.41) is 1.09. The number of carbonyl (C=O) groups is 2. The lowest BCUT2D eigenvalue weighted by Crippen LogP contribution is -2.36. The lowest BCUT2D eigenvalue weighted by atomic mass is 9.71. The first kappa shape index (κ1) is 15.7. The van der Waals surface area contributed by atoms with Gasteiger partial charge >= 0.3 is 5.97 Å². The van der Waals surface area contributed by atoms with Crippen LogP contribution in [-0.2, 0) is 15.1 Å². The third-order valence-corrected chi connectivity index (χ3v) is 5.42. The highest BCUT2D eigenvalue weighted by Crippen LogP contribution is 2.50. The zero-order chi connectivity index (χ0) is 16.9. The van der Waals surface area contributed by atoms with Gasteiger partial charge < -0.3 is 4.74 Å². The normalized spacial score (nSPS) is 25.7. The van der Waals surface area contributed by atoms with Gasteiger partial charge in [-0.25, -0.2) is 4.79 Å². The highest BCUT2D eigenvalue weighted by atomic mass is 35.5. The lowest BCUT2D eigenvalue weighted by molar-refractivity contribution is -0.129. The smallest absolute Gasteiger partial charge is 0.339 e. The van der Waals surface area contributed by atoms with Gasteiger partial charge in [0.15, 0.2) is 0 Å². The maximum atomic E-state index is 12.4. The molecular weight excluding hydrogens is 347 g/mol. The summed E-state index contributed by atoms with van der Waals surface area (Å²) < 4.78 is 5.72. The highest BCUT2D eigenvalue weighted by Gasteiger charge is 2.51. The number of benzene rings is 2. The number of fused-ring (bicyclic) bond motifs is 2. The van der Waals surface area contributed by atoms with Crippen LogP contribution in [0.4, 0.5) is 0 Å². The molecule has 4 rings (SSSR count). The number of halogens is 2. The minimum atomic E-state index is -0.878. The van der Waals surface area contributed by atoms with E-state index in [1.165, 1.54) is 0 Å². The van der Waals surface area contributed by atoms with Crippen molar-refractivity contribution in [2.75, 3.05) is 0 Å². The number of esters is 1. The van der Waals surface area contributed by atoms with Crippen molar-refractivity contribution in [3.63, 3.8) is 0 Å². The first-order valence-corrected chi connectivity index (χ1v) is 8.54. The fraction of sp³-hybridized carbons (Fsp3) is 0.263. The van der Waals surface area contributed by atoms with Gasteiger partial charge in [0.2, 0.25) is 0 Å². The molecule has 2 aromatic rings. The largest absolute Gasteiger partial charge is 0.450 e. The Morgan fingerprint density at radius 1 is 1.08 bits per heavy atom. The van der Waals surface area contributed by atoms with Gasteiger partial charge in [-0.05, 0) is 36.1 Å². The Morgan fingerprint density at radius 2 is 1.88 bits per heavy atom. The molecule has 0 unspecified atom stereocenters. The van der Waals surface area contributed by atoms with Gasteiger partial charge in [0.1, 0.15) is 11.4 Å². The molecule has 0 aromatic heterocycles. The minimum absolute atomic E-state index is 0.0711. The van der Waals surface area contributed by atoms with Crippen molar-refractivity contribution < 1.29 is 14.3 Å². The monoisotopic (exact) mass is 360 g/mol. The molecule has 1 saturated carbocycles. The second kappa shape index (κ2) is 5.61. The van der Waals surface area contributed by atoms with Crippen molar-refractivity contribution in [3.8, 4) is 0 Å². The van der Waals surface area contributed by atoms with Crippen molar-refractivity contribution in [2.24, 2.45) is 0 Å². The number of hydrogen-bond acceptors (Lipinski definition) is 3. The summed E-state index contributed by atoms with van der Waals surface area (Å²) in [5.41, 5.74) is 1.34. The molecule has 0 amide bonds. The van der Waals surface area contributed by atoms with Gasteiger partial charge in [0.25, 0.3) is 0 Å². The van der Waals surface area contributed by atoms with E-state index in [4.69, 9.17) is 27.9 Å². The maximum Gasteiger partial charge on any atom is 0.339 e. The molecule has 1 spiro atoms. The van der Waals surface area contributed by atoms with E-state index in [2.05, 4.69) is 0 Å². The van der Waals surface area contributed by atoms with Crippen molar-refractivity contribution in [2.45, 2.75) is 30.8 Å². The first-order valence-electron chi connectivity index (χ1n) is 7.78. The molecule has 1 fully saturated rings. The second-order valence-corrected chi connectivity index (χ2v) is 7.26. The summed E-state index contributed by atoms with van der Waals surface area (Å²) in [6.07, 6.45) is 1.16. The van der Waals surface area contributed by atoms with E-state index in [-0.39, 0.29) is 24.1 Å². The van der Waals surface area contributed by atoms with Gasteiger partial charge in [-0.15, -0.1) is 0 Å². The zero-order valence-electron chi connectivity index (χ0n) is 12.7. The third kappa shape index (κ3) is 2.43. The van der Waals surface area contributed by atoms with Crippen LogP contribution in [0.2, 0.25) is 10.0 Å². The van der Waals surface area contributed by atoms with Gasteiger partial charge in [-0.1, -0.05) is 47.5 Å². The molecule has 3 nitrogen and oxygen atoms in total. The van der Waals surface area contributed by atoms with Crippen LogP contribution < -0.4 is 0 Å². The fourth-order valence-corrected chi connectivity index (χ4v) is 4.45. The van der Waals surface area contributed by atoms with Crippen LogP contribution in [0.15, 0.2) is 42.5 Å². The Bertz CT molecular complexity index is 857. The van der Waals surface area contributed by atoms with E-state index in [0.29, 0.717) is 28.5 Å². The number of ketones is 1. The van der Waals surface area contributed by atoms with E-state index in [1.54, 1.807) is 24.3 Å². The fourth-order valence-electron chi connectivity index (χ4n) is 3.89. The average molecular weight is 361 g/mol. The molecule has 24 heavy (non-hydrogen) atoms. The molecule has 5 heteroatoms. The van der Waals surface area contributed by atoms with Crippen LogP contribution in [0, 0.1) is 0 Å². The van der Waals surface area contributed by atoms with Crippen molar-refractivity contribution in [1.82, 2.24) is 0 Å². The molecule has 2 aliphatic rings. The minimum Gasteiger partial charge on any atom is -0.450 e. The van der Waals surface area contributed by atoms with Gasteiger partial charge in [0.05, 0.1) is 12.0 Å². The lowest BCUT2D eigenvalue weighted by Gasteiger charge is -2.37. The highest BCUT2D eigenvalue weighted by molar-refractivity contribution is 6.35. The maximum absolute atomic E-state index is 12.4. The zero-order valence-corrected chi connectivity index (χ0v) is 14.2. The SMILES string of the molecule is O=C1C[C@H](c2ccc(Cl)cc2Cl)C[C@]2(C1)OC(=O)c1ccccc12. The summed E-state index contributed by atoms with van der Waals surface area (Å²) in [5.74, 6) is -0.391. The standard InChI is InChI=1S/C19H14Cl2O3/c20-12-5-6-14(17(21)8-12)11-7-13(22)10-19(9-11)16-4-2-1-3-15(16)18(23)24-19/h1-6,8,11H,7,9-10H2/t11-,19+/m0/s1. The van der Waals surface area contributed by atoms with Crippen molar-refractivity contribution in [3.05, 3.63) is 69.2 Å². The van der Waals surface area contributed by atoms with Crippen LogP contribution >= 0.6 is 23.2 Å². The van der Waals surface area contributed by atoms with E-state index in [0.717, 1.165) is 11.1 Å². The molecule has 1 aliphatic heterocycles. The molecule has 0 saturated heterocycles. The van der Waals surface area contributed by atoms with Gasteiger partial charge in [-0.3, -0.25) is 4.79 Å². The van der Waals surface area contributed by atoms with Crippen LogP contribution in [-0.4, -0.2) is 11.8 Å². The molecule has 2 aromatic carbocycles. The van der Waals surface area contributed by atoms with Crippen LogP contribution in [0.25, 0.3) is 0 Å². The second-order valence-electron chi connectivity index (χ2n) is 6.42. The Labute approximate surface area is 149 Å². The Kier molecular flexibility index (Phi) is 3.66. The predicted octanol–water partition coefficient (Wildman–Crippen LogP) is 4.90. The molecule has 0 N–H and O–H groups in total. The van der Waals surface area contributed by atoms with Gasteiger partial charge in [0, 0.05) is 22.0 Å². The molecule has 1 aliphatic carbocycles. The van der Waals surface area contributed by atoms with E-state index in [9.17, 15) is 9.59 Å². The Balaban J connectivity index is 1.77. The predicted molar refractivity (Wildman–Crippen MR) is 91.6 cm³/mol. The number of rotatable bonds is 1. The number of hydrogen-bond donors (Lipinski definition) is 0. The quantitative estimate of drug-likeness (QED) is 0.679. The molecular formula is C19H14Cl2O3. The van der Waals surface area contributed by atoms with Crippen LogP contribution in [0.1, 0.15) is 46.7 Å². The van der Waals surface area contributed by atoms with E-state index >= 15 is 0 Å². The molecule has 122 valence electrons. The topological polar surface area (TPSA) is 43.4 Å². The van der Waals surface area contributed by atoms with Gasteiger partial charge in [-0.2, -0.15) is 0 Å². The summed E-state index contributed by atoms with van der Waals surface area (Å²) in [4.78, 5) is 24.7. The van der Waals surface area contributed by atoms with E-state index in [1.807, 2.05) is 18.2 Å². The summed E-state index contributed by atoms with van der Waals surface area (Å²) >= 11 is 12.3. The molecule has 2 atom stereocenters. The summed E-state index contributed by atoms with van der Waals surface area (Å²) in [6, 6.07) is 12.6. The molecule has 0 bridgehead atoms. The summed E-state index contributed by atoms with van der Waals surface area (Å²) in [7, 11) is 0. The van der Waals surface area contributed by atoms with Crippen molar-refractivity contribution in [1.29, 1.82) is 0 Å². The Hall–Kier alpha value is -1.84.